The van der Waals surface area contributed by atoms with Crippen molar-refractivity contribution in [2.45, 2.75) is 44.9 Å². The van der Waals surface area contributed by atoms with Crippen molar-refractivity contribution in [1.82, 2.24) is 4.98 Å². The minimum Gasteiger partial charge on any atom is -0.383 e. The van der Waals surface area contributed by atoms with Crippen molar-refractivity contribution in [3.8, 4) is 0 Å². The van der Waals surface area contributed by atoms with E-state index in [9.17, 15) is 0 Å². The van der Waals surface area contributed by atoms with Crippen molar-refractivity contribution in [2.75, 3.05) is 5.73 Å². The SMILES string of the molecule is CC(C)(C)c1cnc(N)c(C2CC2)c1. The molecule has 76 valence electrons. The van der Waals surface area contributed by atoms with Crippen molar-refractivity contribution in [3.05, 3.63) is 23.4 Å². The van der Waals surface area contributed by atoms with Gasteiger partial charge in [-0.15, -0.1) is 0 Å². The molecule has 1 fully saturated rings. The molecule has 1 aliphatic carbocycles. The molecule has 14 heavy (non-hydrogen) atoms. The number of anilines is 1. The van der Waals surface area contributed by atoms with Crippen molar-refractivity contribution < 1.29 is 0 Å². The molecule has 0 unspecified atom stereocenters. The number of nitrogens with two attached hydrogens (primary N) is 1. The lowest BCUT2D eigenvalue weighted by Crippen LogP contribution is -2.12. The monoisotopic (exact) mass is 190 g/mol. The van der Waals surface area contributed by atoms with Crippen LogP contribution in [0.15, 0.2) is 12.3 Å². The molecule has 1 aromatic rings. The molecule has 2 heteroatoms. The summed E-state index contributed by atoms with van der Waals surface area (Å²) >= 11 is 0. The molecule has 0 aliphatic heterocycles. The fourth-order valence-corrected chi connectivity index (χ4v) is 1.62. The maximum absolute atomic E-state index is 5.86. The molecule has 2 nitrogen and oxygen atoms in total. The molecular formula is C12H18N2. The second kappa shape index (κ2) is 2.97. The van der Waals surface area contributed by atoms with Crippen molar-refractivity contribution in [2.24, 2.45) is 0 Å². The zero-order valence-corrected chi connectivity index (χ0v) is 9.17. The first kappa shape index (κ1) is 9.50. The van der Waals surface area contributed by atoms with E-state index in [4.69, 9.17) is 5.73 Å². The lowest BCUT2D eigenvalue weighted by molar-refractivity contribution is 0.586. The molecule has 0 aromatic carbocycles. The quantitative estimate of drug-likeness (QED) is 0.739. The number of pyridine rings is 1. The molecule has 0 saturated heterocycles. The lowest BCUT2D eigenvalue weighted by Gasteiger charge is -2.19. The Morgan fingerprint density at radius 3 is 2.50 bits per heavy atom. The molecule has 0 radical (unpaired) electrons. The Labute approximate surface area is 85.5 Å². The predicted molar refractivity (Wildman–Crippen MR) is 59.3 cm³/mol. The van der Waals surface area contributed by atoms with Gasteiger partial charge >= 0.3 is 0 Å². The minimum atomic E-state index is 0.171. The maximum atomic E-state index is 5.86. The number of hydrogen-bond donors (Lipinski definition) is 1. The molecule has 1 saturated carbocycles. The van der Waals surface area contributed by atoms with Gasteiger partial charge in [0.15, 0.2) is 0 Å². The van der Waals surface area contributed by atoms with Gasteiger partial charge in [-0.1, -0.05) is 20.8 Å². The van der Waals surface area contributed by atoms with Gasteiger partial charge in [-0.2, -0.15) is 0 Å². The van der Waals surface area contributed by atoms with E-state index in [1.165, 1.54) is 24.0 Å². The average Bonchev–Trinajstić information content (AvgIpc) is 2.85. The summed E-state index contributed by atoms with van der Waals surface area (Å²) in [5.74, 6) is 1.41. The maximum Gasteiger partial charge on any atom is 0.126 e. The van der Waals surface area contributed by atoms with E-state index < -0.39 is 0 Å². The van der Waals surface area contributed by atoms with Crippen LogP contribution in [0.3, 0.4) is 0 Å². The summed E-state index contributed by atoms with van der Waals surface area (Å²) < 4.78 is 0. The van der Waals surface area contributed by atoms with Gasteiger partial charge in [-0.25, -0.2) is 4.98 Å². The van der Waals surface area contributed by atoms with E-state index in [2.05, 4.69) is 31.8 Å². The van der Waals surface area contributed by atoms with Gasteiger partial charge in [0, 0.05) is 6.20 Å². The van der Waals surface area contributed by atoms with E-state index >= 15 is 0 Å². The Morgan fingerprint density at radius 2 is 2.00 bits per heavy atom. The Balaban J connectivity index is 2.40. The van der Waals surface area contributed by atoms with E-state index in [-0.39, 0.29) is 5.41 Å². The summed E-state index contributed by atoms with van der Waals surface area (Å²) in [7, 11) is 0. The zero-order chi connectivity index (χ0) is 10.3. The topological polar surface area (TPSA) is 38.9 Å². The molecule has 2 N–H and O–H groups in total. The third-order valence-corrected chi connectivity index (χ3v) is 2.83. The van der Waals surface area contributed by atoms with Gasteiger partial charge in [0.25, 0.3) is 0 Å². The van der Waals surface area contributed by atoms with Crippen LogP contribution in [0.25, 0.3) is 0 Å². The largest absolute Gasteiger partial charge is 0.383 e. The van der Waals surface area contributed by atoms with Crippen molar-refractivity contribution >= 4 is 5.82 Å². The number of nitrogen functional groups attached to an aromatic ring is 1. The summed E-state index contributed by atoms with van der Waals surface area (Å²) in [5, 5.41) is 0. The van der Waals surface area contributed by atoms with E-state index in [1.54, 1.807) is 0 Å². The summed E-state index contributed by atoms with van der Waals surface area (Å²) in [4.78, 5) is 4.28. The van der Waals surface area contributed by atoms with E-state index in [0.29, 0.717) is 5.92 Å². The predicted octanol–water partition coefficient (Wildman–Crippen LogP) is 2.84. The van der Waals surface area contributed by atoms with Crippen LogP contribution in [-0.4, -0.2) is 4.98 Å². The Hall–Kier alpha value is -1.05. The average molecular weight is 190 g/mol. The van der Waals surface area contributed by atoms with Crippen LogP contribution in [-0.2, 0) is 5.41 Å². The first-order valence-corrected chi connectivity index (χ1v) is 5.24. The molecule has 1 aliphatic rings. The highest BCUT2D eigenvalue weighted by molar-refractivity contribution is 5.46. The van der Waals surface area contributed by atoms with Crippen molar-refractivity contribution in [3.63, 3.8) is 0 Å². The number of aromatic nitrogens is 1. The highest BCUT2D eigenvalue weighted by Crippen LogP contribution is 2.43. The third kappa shape index (κ3) is 1.74. The van der Waals surface area contributed by atoms with Crippen LogP contribution in [0.4, 0.5) is 5.82 Å². The smallest absolute Gasteiger partial charge is 0.126 e. The van der Waals surface area contributed by atoms with Gasteiger partial charge < -0.3 is 5.73 Å². The van der Waals surface area contributed by atoms with Crippen LogP contribution >= 0.6 is 0 Å². The molecule has 0 atom stereocenters. The molecule has 0 amide bonds. The normalized spacial score (nSPS) is 17.1. The Morgan fingerprint density at radius 1 is 1.36 bits per heavy atom. The van der Waals surface area contributed by atoms with Crippen LogP contribution in [0.1, 0.15) is 50.7 Å². The first-order valence-electron chi connectivity index (χ1n) is 5.24. The van der Waals surface area contributed by atoms with Gasteiger partial charge in [0.05, 0.1) is 0 Å². The summed E-state index contributed by atoms with van der Waals surface area (Å²) in [5.41, 5.74) is 8.58. The van der Waals surface area contributed by atoms with Gasteiger partial charge in [-0.05, 0) is 41.4 Å². The molecule has 1 aromatic heterocycles. The van der Waals surface area contributed by atoms with Crippen LogP contribution in [0, 0.1) is 0 Å². The van der Waals surface area contributed by atoms with Crippen molar-refractivity contribution in [1.29, 1.82) is 0 Å². The van der Waals surface area contributed by atoms with Gasteiger partial charge in [-0.3, -0.25) is 0 Å². The van der Waals surface area contributed by atoms with Gasteiger partial charge in [0.1, 0.15) is 5.82 Å². The minimum absolute atomic E-state index is 0.171. The number of nitrogens with zero attached hydrogens (tertiary/aromatic N) is 1. The number of hydrogen-bond acceptors (Lipinski definition) is 2. The molecule has 1 heterocycles. The molecule has 0 bridgehead atoms. The van der Waals surface area contributed by atoms with Crippen LogP contribution in [0.5, 0.6) is 0 Å². The molecular weight excluding hydrogens is 172 g/mol. The zero-order valence-electron chi connectivity index (χ0n) is 9.17. The van der Waals surface area contributed by atoms with Crippen LogP contribution < -0.4 is 5.73 Å². The molecule has 0 spiro atoms. The molecule has 2 rings (SSSR count). The standard InChI is InChI=1S/C12H18N2/c1-12(2,3)9-6-10(8-4-5-8)11(13)14-7-9/h6-8H,4-5H2,1-3H3,(H2,13,14). The first-order chi connectivity index (χ1) is 6.48. The lowest BCUT2D eigenvalue weighted by atomic mass is 9.87. The second-order valence-electron chi connectivity index (χ2n) is 5.22. The highest BCUT2D eigenvalue weighted by Gasteiger charge is 2.27. The highest BCUT2D eigenvalue weighted by atomic mass is 14.8. The van der Waals surface area contributed by atoms with E-state index in [1.807, 2.05) is 6.20 Å². The Bertz CT molecular complexity index is 346. The second-order valence-corrected chi connectivity index (χ2v) is 5.22. The third-order valence-electron chi connectivity index (χ3n) is 2.83. The van der Waals surface area contributed by atoms with E-state index in [0.717, 1.165) is 5.82 Å². The summed E-state index contributed by atoms with van der Waals surface area (Å²) in [6, 6.07) is 2.24. The fraction of sp³-hybridized carbons (Fsp3) is 0.583. The fourth-order valence-electron chi connectivity index (χ4n) is 1.62. The summed E-state index contributed by atoms with van der Waals surface area (Å²) in [6.45, 7) is 6.62. The number of rotatable bonds is 1. The Kier molecular flexibility index (Phi) is 2.02. The van der Waals surface area contributed by atoms with Crippen LogP contribution in [0.2, 0.25) is 0 Å². The van der Waals surface area contributed by atoms with Gasteiger partial charge in [0.2, 0.25) is 0 Å². The summed E-state index contributed by atoms with van der Waals surface area (Å²) in [6.07, 6.45) is 4.46.